The second-order valence-electron chi connectivity index (χ2n) is 4.00. The molecule has 0 amide bonds. The highest BCUT2D eigenvalue weighted by molar-refractivity contribution is 7.09. The van der Waals surface area contributed by atoms with Crippen molar-refractivity contribution >= 4 is 11.3 Å². The first kappa shape index (κ1) is 11.0. The molecule has 1 aromatic rings. The van der Waals surface area contributed by atoms with Crippen molar-refractivity contribution in [3.05, 3.63) is 16.6 Å². The molecule has 84 valence electrons. The Hall–Kier alpha value is -0.450. The van der Waals surface area contributed by atoms with Gasteiger partial charge in [0.15, 0.2) is 0 Å². The molecule has 1 aromatic heterocycles. The van der Waals surface area contributed by atoms with Gasteiger partial charge in [-0.25, -0.2) is 4.98 Å². The van der Waals surface area contributed by atoms with Gasteiger partial charge in [-0.3, -0.25) is 0 Å². The minimum atomic E-state index is 0.511. The first-order valence-corrected chi connectivity index (χ1v) is 6.41. The summed E-state index contributed by atoms with van der Waals surface area (Å²) >= 11 is 1.74. The van der Waals surface area contributed by atoms with E-state index in [1.165, 1.54) is 17.8 Å². The summed E-state index contributed by atoms with van der Waals surface area (Å²) in [4.78, 5) is 4.34. The van der Waals surface area contributed by atoms with E-state index in [-0.39, 0.29) is 0 Å². The standard InChI is InChI=1S/C11H18N2OS/c1-12-10(7-11-13-4-6-15-11)9-3-2-5-14-8-9/h4,6,9-10,12H,2-3,5,7-8H2,1H3. The van der Waals surface area contributed by atoms with Crippen LogP contribution < -0.4 is 5.32 Å². The molecule has 0 spiro atoms. The molecule has 0 aromatic carbocycles. The molecule has 2 atom stereocenters. The smallest absolute Gasteiger partial charge is 0.0940 e. The molecular formula is C11H18N2OS. The Labute approximate surface area is 94.9 Å². The number of hydrogen-bond acceptors (Lipinski definition) is 4. The van der Waals surface area contributed by atoms with Crippen LogP contribution in [0, 0.1) is 5.92 Å². The van der Waals surface area contributed by atoms with Crippen molar-refractivity contribution in [2.45, 2.75) is 25.3 Å². The summed E-state index contributed by atoms with van der Waals surface area (Å²) in [6.07, 6.45) is 5.38. The average molecular weight is 226 g/mol. The number of ether oxygens (including phenoxy) is 1. The van der Waals surface area contributed by atoms with Crippen molar-refractivity contribution in [2.24, 2.45) is 5.92 Å². The highest BCUT2D eigenvalue weighted by Crippen LogP contribution is 2.20. The second kappa shape index (κ2) is 5.58. The zero-order valence-electron chi connectivity index (χ0n) is 9.11. The first-order chi connectivity index (χ1) is 7.40. The number of nitrogens with one attached hydrogen (secondary N) is 1. The maximum absolute atomic E-state index is 5.53. The number of aromatic nitrogens is 1. The van der Waals surface area contributed by atoms with Crippen LogP contribution in [0.25, 0.3) is 0 Å². The molecule has 1 aliphatic heterocycles. The van der Waals surface area contributed by atoms with Crippen LogP contribution in [0.3, 0.4) is 0 Å². The number of rotatable bonds is 4. The molecule has 1 N–H and O–H groups in total. The maximum atomic E-state index is 5.53. The minimum Gasteiger partial charge on any atom is -0.381 e. The summed E-state index contributed by atoms with van der Waals surface area (Å²) in [5, 5.41) is 6.66. The lowest BCUT2D eigenvalue weighted by molar-refractivity contribution is 0.0405. The van der Waals surface area contributed by atoms with E-state index in [0.717, 1.165) is 19.6 Å². The Kier molecular flexibility index (Phi) is 4.11. The Bertz CT molecular complexity index is 270. The molecule has 0 bridgehead atoms. The van der Waals surface area contributed by atoms with Gasteiger partial charge in [0.25, 0.3) is 0 Å². The lowest BCUT2D eigenvalue weighted by Crippen LogP contribution is -2.39. The van der Waals surface area contributed by atoms with Crippen LogP contribution >= 0.6 is 11.3 Å². The van der Waals surface area contributed by atoms with Gasteiger partial charge >= 0.3 is 0 Å². The molecule has 2 rings (SSSR count). The SMILES string of the molecule is CNC(Cc1nccs1)C1CCCOC1. The highest BCUT2D eigenvalue weighted by Gasteiger charge is 2.23. The van der Waals surface area contributed by atoms with E-state index in [2.05, 4.69) is 10.3 Å². The summed E-state index contributed by atoms with van der Waals surface area (Å²) in [7, 11) is 2.03. The van der Waals surface area contributed by atoms with Crippen molar-refractivity contribution < 1.29 is 4.74 Å². The van der Waals surface area contributed by atoms with Gasteiger partial charge in [-0.1, -0.05) is 0 Å². The number of likely N-dealkylation sites (N-methyl/N-ethyl adjacent to an activating group) is 1. The van der Waals surface area contributed by atoms with Crippen molar-refractivity contribution in [2.75, 3.05) is 20.3 Å². The fraction of sp³-hybridized carbons (Fsp3) is 0.727. The Balaban J connectivity index is 1.91. The third kappa shape index (κ3) is 3.00. The van der Waals surface area contributed by atoms with E-state index in [0.29, 0.717) is 12.0 Å². The molecule has 0 aliphatic carbocycles. The Morgan fingerprint density at radius 3 is 3.27 bits per heavy atom. The maximum Gasteiger partial charge on any atom is 0.0940 e. The fourth-order valence-electron chi connectivity index (χ4n) is 2.13. The molecule has 4 heteroatoms. The van der Waals surface area contributed by atoms with Crippen molar-refractivity contribution in [3.63, 3.8) is 0 Å². The third-order valence-corrected chi connectivity index (χ3v) is 3.82. The van der Waals surface area contributed by atoms with Gasteiger partial charge in [-0.15, -0.1) is 11.3 Å². The van der Waals surface area contributed by atoms with Crippen LogP contribution in [0.1, 0.15) is 17.8 Å². The van der Waals surface area contributed by atoms with Gasteiger partial charge in [-0.2, -0.15) is 0 Å². The summed E-state index contributed by atoms with van der Waals surface area (Å²) < 4.78 is 5.53. The van der Waals surface area contributed by atoms with Crippen LogP contribution in [0.4, 0.5) is 0 Å². The quantitative estimate of drug-likeness (QED) is 0.848. The molecule has 0 radical (unpaired) electrons. The van der Waals surface area contributed by atoms with Gasteiger partial charge in [-0.05, 0) is 25.8 Å². The second-order valence-corrected chi connectivity index (χ2v) is 4.98. The molecule has 1 aliphatic rings. The fourth-order valence-corrected chi connectivity index (χ4v) is 2.81. The monoisotopic (exact) mass is 226 g/mol. The van der Waals surface area contributed by atoms with Gasteiger partial charge in [0.2, 0.25) is 0 Å². The predicted molar refractivity (Wildman–Crippen MR) is 62.2 cm³/mol. The van der Waals surface area contributed by atoms with E-state index in [4.69, 9.17) is 4.74 Å². The predicted octanol–water partition coefficient (Wildman–Crippen LogP) is 1.70. The lowest BCUT2D eigenvalue weighted by Gasteiger charge is -2.29. The minimum absolute atomic E-state index is 0.511. The third-order valence-electron chi connectivity index (χ3n) is 3.01. The summed E-state index contributed by atoms with van der Waals surface area (Å²) in [5.74, 6) is 0.646. The van der Waals surface area contributed by atoms with Crippen molar-refractivity contribution in [3.8, 4) is 0 Å². The van der Waals surface area contributed by atoms with E-state index in [1.54, 1.807) is 11.3 Å². The molecule has 2 heterocycles. The number of hydrogen-bond donors (Lipinski definition) is 1. The molecule has 3 nitrogen and oxygen atoms in total. The summed E-state index contributed by atoms with van der Waals surface area (Å²) in [6, 6.07) is 0.511. The normalized spacial score (nSPS) is 23.9. The van der Waals surface area contributed by atoms with Crippen molar-refractivity contribution in [1.82, 2.24) is 10.3 Å². The Morgan fingerprint density at radius 2 is 2.67 bits per heavy atom. The van der Waals surface area contributed by atoms with E-state index in [1.807, 2.05) is 18.6 Å². The summed E-state index contributed by atoms with van der Waals surface area (Å²) in [5.41, 5.74) is 0. The molecule has 1 fully saturated rings. The highest BCUT2D eigenvalue weighted by atomic mass is 32.1. The largest absolute Gasteiger partial charge is 0.381 e. The van der Waals surface area contributed by atoms with Crippen LogP contribution in [-0.2, 0) is 11.2 Å². The first-order valence-electron chi connectivity index (χ1n) is 5.53. The summed E-state index contributed by atoms with van der Waals surface area (Å²) in [6.45, 7) is 1.83. The number of thiazole rings is 1. The molecule has 0 saturated carbocycles. The zero-order valence-corrected chi connectivity index (χ0v) is 9.93. The van der Waals surface area contributed by atoms with Crippen LogP contribution in [-0.4, -0.2) is 31.3 Å². The molecule has 15 heavy (non-hydrogen) atoms. The van der Waals surface area contributed by atoms with E-state index in [9.17, 15) is 0 Å². The average Bonchev–Trinajstić information content (AvgIpc) is 2.80. The van der Waals surface area contributed by atoms with Crippen LogP contribution in [0.15, 0.2) is 11.6 Å². The Morgan fingerprint density at radius 1 is 1.73 bits per heavy atom. The number of nitrogens with zero attached hydrogens (tertiary/aromatic N) is 1. The van der Waals surface area contributed by atoms with Crippen LogP contribution in [0.5, 0.6) is 0 Å². The molecule has 2 unspecified atom stereocenters. The molecule has 1 saturated heterocycles. The topological polar surface area (TPSA) is 34.2 Å². The van der Waals surface area contributed by atoms with E-state index < -0.39 is 0 Å². The van der Waals surface area contributed by atoms with Gasteiger partial charge in [0.05, 0.1) is 11.6 Å². The van der Waals surface area contributed by atoms with Gasteiger partial charge in [0.1, 0.15) is 0 Å². The van der Waals surface area contributed by atoms with Gasteiger partial charge in [0, 0.05) is 30.6 Å². The van der Waals surface area contributed by atoms with E-state index >= 15 is 0 Å². The zero-order chi connectivity index (χ0) is 10.5. The lowest BCUT2D eigenvalue weighted by atomic mass is 9.92. The van der Waals surface area contributed by atoms with Crippen LogP contribution in [0.2, 0.25) is 0 Å². The molecular weight excluding hydrogens is 208 g/mol. The van der Waals surface area contributed by atoms with Crippen molar-refractivity contribution in [1.29, 1.82) is 0 Å². The van der Waals surface area contributed by atoms with Gasteiger partial charge < -0.3 is 10.1 Å².